The van der Waals surface area contributed by atoms with Crippen LogP contribution in [0.2, 0.25) is 0 Å². The molecule has 0 amide bonds. The monoisotopic (exact) mass is 508 g/mol. The average Bonchev–Trinajstić information content (AvgIpc) is 3.33. The molecule has 1 aromatic heterocycles. The molecule has 2 heteroatoms. The van der Waals surface area contributed by atoms with Crippen LogP contribution < -0.4 is 20.7 Å². The summed E-state index contributed by atoms with van der Waals surface area (Å²) < 4.78 is 0. The first-order valence-corrected chi connectivity index (χ1v) is 15.5. The van der Waals surface area contributed by atoms with Gasteiger partial charge in [0.25, 0.3) is 0 Å². The van der Waals surface area contributed by atoms with Gasteiger partial charge in [-0.3, -0.25) is 0 Å². The zero-order valence-corrected chi connectivity index (χ0v) is 22.7. The van der Waals surface area contributed by atoms with Gasteiger partial charge in [0.1, 0.15) is 0 Å². The zero-order chi connectivity index (χ0) is 25.1. The summed E-state index contributed by atoms with van der Waals surface area (Å²) in [6.07, 6.45) is 0. The molecule has 0 aliphatic heterocycles. The van der Waals surface area contributed by atoms with Crippen molar-refractivity contribution in [2.45, 2.75) is 6.92 Å². The van der Waals surface area contributed by atoms with Gasteiger partial charge in [0.2, 0.25) is 0 Å². The lowest BCUT2D eigenvalue weighted by Crippen LogP contribution is -2.75. The van der Waals surface area contributed by atoms with Crippen LogP contribution in [0.3, 0.4) is 0 Å². The fourth-order valence-corrected chi connectivity index (χ4v) is 12.7. The molecule has 6 rings (SSSR count). The van der Waals surface area contributed by atoms with Gasteiger partial charge in [0.15, 0.2) is 8.07 Å². The molecular formula is C35H28SSi. The molecule has 178 valence electrons. The Hall–Kier alpha value is -3.98. The van der Waals surface area contributed by atoms with Crippen molar-refractivity contribution in [3.63, 3.8) is 0 Å². The molecule has 0 fully saturated rings. The highest BCUT2D eigenvalue weighted by molar-refractivity contribution is 7.27. The summed E-state index contributed by atoms with van der Waals surface area (Å²) in [7, 11) is -2.67. The van der Waals surface area contributed by atoms with Gasteiger partial charge < -0.3 is 0 Å². The van der Waals surface area contributed by atoms with Crippen LogP contribution >= 0.6 is 11.3 Å². The Kier molecular flexibility index (Phi) is 6.44. The van der Waals surface area contributed by atoms with Gasteiger partial charge in [0, 0.05) is 9.75 Å². The Morgan fingerprint density at radius 1 is 0.405 bits per heavy atom. The highest BCUT2D eigenvalue weighted by Crippen LogP contribution is 2.38. The zero-order valence-electron chi connectivity index (χ0n) is 20.8. The second kappa shape index (κ2) is 10.2. The fourth-order valence-electron chi connectivity index (χ4n) is 5.62. The predicted octanol–water partition coefficient (Wildman–Crippen LogP) is 6.77. The van der Waals surface area contributed by atoms with Crippen molar-refractivity contribution >= 4 is 40.2 Å². The summed E-state index contributed by atoms with van der Waals surface area (Å²) in [4.78, 5) is 2.73. The standard InChI is InChI=1S/C35H28SSi/c1-27-33(28-17-7-2-8-18-28)36-34(29-19-9-3-10-20-29)35(27)37(30-21-11-4-12-22-30,31-23-13-5-14-24-31)32-25-15-6-16-26-32/h2-26H,1H3. The minimum Gasteiger partial charge on any atom is -0.135 e. The summed E-state index contributed by atoms with van der Waals surface area (Å²) in [5.74, 6) is 0. The van der Waals surface area contributed by atoms with E-state index in [1.54, 1.807) is 0 Å². The fraction of sp³-hybridized carbons (Fsp3) is 0.0286. The number of thiophene rings is 1. The minimum atomic E-state index is -2.67. The third-order valence-corrected chi connectivity index (χ3v) is 13.8. The Bertz CT molecular complexity index is 1490. The van der Waals surface area contributed by atoms with Crippen molar-refractivity contribution in [2.75, 3.05) is 0 Å². The van der Waals surface area contributed by atoms with Crippen molar-refractivity contribution in [1.29, 1.82) is 0 Å². The SMILES string of the molecule is Cc1c(-c2ccccc2)sc(-c2ccccc2)c1[Si](c1ccccc1)(c1ccccc1)c1ccccc1. The lowest BCUT2D eigenvalue weighted by atomic mass is 10.1. The topological polar surface area (TPSA) is 0 Å². The first-order chi connectivity index (χ1) is 18.3. The second-order valence-corrected chi connectivity index (χ2v) is 14.1. The van der Waals surface area contributed by atoms with E-state index in [0.717, 1.165) is 0 Å². The van der Waals surface area contributed by atoms with Gasteiger partial charge in [-0.05, 0) is 44.4 Å². The molecule has 6 aromatic rings. The maximum Gasteiger partial charge on any atom is 0.181 e. The summed E-state index contributed by atoms with van der Waals surface area (Å²) in [6, 6.07) is 55.5. The average molecular weight is 509 g/mol. The molecule has 0 spiro atoms. The Balaban J connectivity index is 1.81. The van der Waals surface area contributed by atoms with E-state index in [1.807, 2.05) is 11.3 Å². The van der Waals surface area contributed by atoms with E-state index < -0.39 is 8.07 Å². The van der Waals surface area contributed by atoms with Crippen LogP contribution in [-0.4, -0.2) is 8.07 Å². The second-order valence-electron chi connectivity index (χ2n) is 9.34. The van der Waals surface area contributed by atoms with Crippen molar-refractivity contribution in [1.82, 2.24) is 0 Å². The van der Waals surface area contributed by atoms with Crippen LogP contribution in [-0.2, 0) is 0 Å². The summed E-state index contributed by atoms with van der Waals surface area (Å²) in [5.41, 5.74) is 3.95. The molecule has 0 unspecified atom stereocenters. The van der Waals surface area contributed by atoms with Crippen molar-refractivity contribution < 1.29 is 0 Å². The third kappa shape index (κ3) is 4.09. The van der Waals surface area contributed by atoms with Gasteiger partial charge in [0.05, 0.1) is 0 Å². The quantitative estimate of drug-likeness (QED) is 0.172. The van der Waals surface area contributed by atoms with E-state index in [1.165, 1.54) is 47.2 Å². The molecule has 0 aliphatic carbocycles. The lowest BCUT2D eigenvalue weighted by molar-refractivity contribution is 1.55. The number of rotatable bonds is 6. The van der Waals surface area contributed by atoms with E-state index in [4.69, 9.17) is 0 Å². The number of hydrogen-bond acceptors (Lipinski definition) is 1. The van der Waals surface area contributed by atoms with Crippen molar-refractivity contribution in [2.24, 2.45) is 0 Å². The molecule has 0 saturated carbocycles. The Labute approximate surface area is 224 Å². The van der Waals surface area contributed by atoms with Crippen LogP contribution in [0.15, 0.2) is 152 Å². The van der Waals surface area contributed by atoms with Gasteiger partial charge in [-0.25, -0.2) is 0 Å². The molecule has 0 radical (unpaired) electrons. The largest absolute Gasteiger partial charge is 0.181 e. The van der Waals surface area contributed by atoms with Crippen LogP contribution in [0, 0.1) is 6.92 Å². The maximum absolute atomic E-state index is 2.67. The van der Waals surface area contributed by atoms with Crippen molar-refractivity contribution in [3.05, 3.63) is 157 Å². The van der Waals surface area contributed by atoms with Crippen LogP contribution in [0.1, 0.15) is 5.56 Å². The number of hydrogen-bond donors (Lipinski definition) is 0. The van der Waals surface area contributed by atoms with Crippen LogP contribution in [0.4, 0.5) is 0 Å². The Morgan fingerprint density at radius 3 is 1.11 bits per heavy atom. The van der Waals surface area contributed by atoms with Crippen LogP contribution in [0.25, 0.3) is 20.9 Å². The molecule has 0 aliphatic rings. The third-order valence-electron chi connectivity index (χ3n) is 7.21. The highest BCUT2D eigenvalue weighted by Gasteiger charge is 2.45. The summed E-state index contributed by atoms with van der Waals surface area (Å²) in [5, 5.41) is 5.71. The highest BCUT2D eigenvalue weighted by atomic mass is 32.1. The molecule has 0 bridgehead atoms. The van der Waals surface area contributed by atoms with E-state index >= 15 is 0 Å². The molecule has 5 aromatic carbocycles. The van der Waals surface area contributed by atoms with E-state index in [0.29, 0.717) is 0 Å². The van der Waals surface area contributed by atoms with Crippen LogP contribution in [0.5, 0.6) is 0 Å². The van der Waals surface area contributed by atoms with Crippen molar-refractivity contribution in [3.8, 4) is 20.9 Å². The maximum atomic E-state index is 2.35. The molecule has 0 saturated heterocycles. The molecule has 1 heterocycles. The van der Waals surface area contributed by atoms with E-state index in [-0.39, 0.29) is 0 Å². The lowest BCUT2D eigenvalue weighted by Gasteiger charge is -2.35. The normalized spacial score (nSPS) is 11.4. The molecule has 0 nitrogen and oxygen atoms in total. The molecular weight excluding hydrogens is 481 g/mol. The molecule has 37 heavy (non-hydrogen) atoms. The molecule has 0 atom stereocenters. The van der Waals surface area contributed by atoms with Gasteiger partial charge in [-0.15, -0.1) is 11.3 Å². The first-order valence-electron chi connectivity index (χ1n) is 12.7. The van der Waals surface area contributed by atoms with Gasteiger partial charge in [-0.2, -0.15) is 0 Å². The first kappa shape index (κ1) is 23.4. The smallest absolute Gasteiger partial charge is 0.135 e. The minimum absolute atomic E-state index is 1.28. The molecule has 0 N–H and O–H groups in total. The summed E-state index contributed by atoms with van der Waals surface area (Å²) in [6.45, 7) is 2.34. The van der Waals surface area contributed by atoms with E-state index in [2.05, 4.69) is 159 Å². The van der Waals surface area contributed by atoms with Gasteiger partial charge >= 0.3 is 0 Å². The Morgan fingerprint density at radius 2 is 0.730 bits per heavy atom. The number of benzene rings is 5. The van der Waals surface area contributed by atoms with E-state index in [9.17, 15) is 0 Å². The van der Waals surface area contributed by atoms with Gasteiger partial charge in [-0.1, -0.05) is 152 Å². The summed E-state index contributed by atoms with van der Waals surface area (Å²) >= 11 is 1.94. The predicted molar refractivity (Wildman–Crippen MR) is 164 cm³/mol.